The van der Waals surface area contributed by atoms with Crippen molar-refractivity contribution in [3.05, 3.63) is 108 Å². The molecule has 0 fully saturated rings. The Hall–Kier alpha value is -3.25. The summed E-state index contributed by atoms with van der Waals surface area (Å²) in [5.74, 6) is -3.47. The van der Waals surface area contributed by atoms with Crippen molar-refractivity contribution in [2.45, 2.75) is 37.5 Å². The van der Waals surface area contributed by atoms with Crippen molar-refractivity contribution in [3.63, 3.8) is 0 Å². The zero-order chi connectivity index (χ0) is 25.1. The van der Waals surface area contributed by atoms with Crippen LogP contribution >= 0.6 is 8.46 Å². The summed E-state index contributed by atoms with van der Waals surface area (Å²) >= 11 is 0. The maximum atomic E-state index is 13.4. The predicted molar refractivity (Wildman–Crippen MR) is 132 cm³/mol. The number of ether oxygens (including phenoxy) is 2. The molecule has 0 aromatic heterocycles. The quantitative estimate of drug-likeness (QED) is 0.202. The normalized spacial score (nSPS) is 14.8. The Morgan fingerprint density at radius 1 is 0.857 bits per heavy atom. The Kier molecular flexibility index (Phi) is 9.79. The average Bonchev–Trinajstić information content (AvgIpc) is 2.88. The van der Waals surface area contributed by atoms with Crippen molar-refractivity contribution in [2.24, 2.45) is 5.92 Å². The van der Waals surface area contributed by atoms with E-state index in [1.54, 1.807) is 24.3 Å². The molecule has 3 aromatic rings. The molecule has 7 nitrogen and oxygen atoms in total. The molecule has 3 rings (SSSR count). The summed E-state index contributed by atoms with van der Waals surface area (Å²) in [5, 5.41) is 20.3. The molecule has 2 N–H and O–H groups in total. The van der Waals surface area contributed by atoms with E-state index < -0.39 is 44.4 Å². The number of carboxylic acid groups (broad SMARTS) is 1. The fourth-order valence-electron chi connectivity index (χ4n) is 3.70. The SMILES string of the molecule is O=[PH2]C(O)(OCc1ccccc1)C(CCC(=O)O)C(=O)OC(Cc1ccccc1)c1ccccc1. The molecule has 4 atom stereocenters. The third kappa shape index (κ3) is 7.89. The van der Waals surface area contributed by atoms with E-state index in [1.807, 2.05) is 66.7 Å². The smallest absolute Gasteiger partial charge is 0.315 e. The zero-order valence-corrected chi connectivity index (χ0v) is 20.3. The lowest BCUT2D eigenvalue weighted by atomic mass is 9.99. The molecule has 0 radical (unpaired) electrons. The van der Waals surface area contributed by atoms with Gasteiger partial charge in [-0.25, -0.2) is 0 Å². The van der Waals surface area contributed by atoms with Gasteiger partial charge in [0.25, 0.3) is 0 Å². The largest absolute Gasteiger partial charge is 0.481 e. The van der Waals surface area contributed by atoms with Gasteiger partial charge in [0.1, 0.15) is 20.5 Å². The maximum Gasteiger partial charge on any atom is 0.315 e. The van der Waals surface area contributed by atoms with Gasteiger partial charge in [-0.15, -0.1) is 0 Å². The van der Waals surface area contributed by atoms with Crippen molar-refractivity contribution in [1.82, 2.24) is 0 Å². The van der Waals surface area contributed by atoms with Crippen LogP contribution in [0.5, 0.6) is 0 Å². The number of carboxylic acids is 1. The van der Waals surface area contributed by atoms with Crippen molar-refractivity contribution in [1.29, 1.82) is 0 Å². The number of hydrogen-bond donors (Lipinski definition) is 2. The minimum atomic E-state index is -2.35. The van der Waals surface area contributed by atoms with Crippen LogP contribution in [-0.4, -0.2) is 27.7 Å². The second-order valence-corrected chi connectivity index (χ2v) is 9.22. The summed E-state index contributed by atoms with van der Waals surface area (Å²) < 4.78 is 23.6. The highest BCUT2D eigenvalue weighted by Gasteiger charge is 2.44. The molecule has 0 spiro atoms. The molecule has 8 heteroatoms. The monoisotopic (exact) mass is 496 g/mol. The summed E-state index contributed by atoms with van der Waals surface area (Å²) in [6.07, 6.45) is -1.04. The number of benzene rings is 3. The van der Waals surface area contributed by atoms with E-state index in [0.29, 0.717) is 12.0 Å². The van der Waals surface area contributed by atoms with Crippen LogP contribution in [-0.2, 0) is 36.7 Å². The Balaban J connectivity index is 1.85. The number of rotatable bonds is 13. The van der Waals surface area contributed by atoms with Gasteiger partial charge in [-0.05, 0) is 23.1 Å². The van der Waals surface area contributed by atoms with Crippen LogP contribution in [0.4, 0.5) is 0 Å². The van der Waals surface area contributed by atoms with Gasteiger partial charge < -0.3 is 24.3 Å². The second-order valence-electron chi connectivity index (χ2n) is 8.15. The van der Waals surface area contributed by atoms with Crippen LogP contribution < -0.4 is 0 Å². The first kappa shape index (κ1) is 26.4. The number of aliphatic carboxylic acids is 1. The highest BCUT2D eigenvalue weighted by atomic mass is 31.1. The molecule has 184 valence electrons. The molecule has 0 saturated carbocycles. The highest BCUT2D eigenvalue weighted by molar-refractivity contribution is 7.25. The first-order valence-corrected chi connectivity index (χ1v) is 12.3. The van der Waals surface area contributed by atoms with E-state index in [2.05, 4.69) is 0 Å². The van der Waals surface area contributed by atoms with Crippen LogP contribution in [0.1, 0.15) is 35.6 Å². The van der Waals surface area contributed by atoms with Gasteiger partial charge in [-0.1, -0.05) is 91.0 Å². The Morgan fingerprint density at radius 2 is 1.40 bits per heavy atom. The van der Waals surface area contributed by atoms with Crippen LogP contribution in [0.25, 0.3) is 0 Å². The van der Waals surface area contributed by atoms with Gasteiger partial charge in [-0.2, -0.15) is 0 Å². The Morgan fingerprint density at radius 3 is 1.94 bits per heavy atom. The molecule has 0 aliphatic carbocycles. The van der Waals surface area contributed by atoms with E-state index in [-0.39, 0.29) is 13.0 Å². The Bertz CT molecular complexity index is 1090. The van der Waals surface area contributed by atoms with E-state index >= 15 is 0 Å². The summed E-state index contributed by atoms with van der Waals surface area (Å²) in [6.45, 7) is -0.102. The molecule has 3 aromatic carbocycles. The lowest BCUT2D eigenvalue weighted by Crippen LogP contribution is -2.41. The standard InChI is InChI=1S/C27H29O7P/c28-25(29)17-16-23(27(31,35-32)33-19-21-12-6-2-7-13-21)26(30)34-24(22-14-8-3-9-15-22)18-20-10-4-1-5-11-20/h1-15,23-24,31H,16-19,35H2,(H,28,29). The minimum Gasteiger partial charge on any atom is -0.481 e. The average molecular weight is 496 g/mol. The first-order chi connectivity index (χ1) is 16.9. The molecule has 35 heavy (non-hydrogen) atoms. The first-order valence-electron chi connectivity index (χ1n) is 11.3. The van der Waals surface area contributed by atoms with E-state index in [0.717, 1.165) is 11.1 Å². The third-order valence-corrected chi connectivity index (χ3v) is 6.51. The summed E-state index contributed by atoms with van der Waals surface area (Å²) in [7, 11) is -2.01. The van der Waals surface area contributed by atoms with Gasteiger partial charge in [0.2, 0.25) is 5.53 Å². The minimum absolute atomic E-state index is 0.102. The van der Waals surface area contributed by atoms with Crippen LogP contribution in [0.3, 0.4) is 0 Å². The fraction of sp³-hybridized carbons (Fsp3) is 0.259. The van der Waals surface area contributed by atoms with Crippen molar-refractivity contribution in [2.75, 3.05) is 0 Å². The van der Waals surface area contributed by atoms with Crippen molar-refractivity contribution in [3.8, 4) is 0 Å². The second kappa shape index (κ2) is 13.0. The predicted octanol–water partition coefficient (Wildman–Crippen LogP) is 4.61. The maximum absolute atomic E-state index is 13.4. The Labute approximate surface area is 205 Å². The summed E-state index contributed by atoms with van der Waals surface area (Å²) in [5.41, 5.74) is 0.0256. The topological polar surface area (TPSA) is 110 Å². The molecule has 0 aliphatic heterocycles. The fourth-order valence-corrected chi connectivity index (χ4v) is 4.32. The number of aliphatic hydroxyl groups is 1. The number of carbonyl (C=O) groups excluding carboxylic acids is 1. The van der Waals surface area contributed by atoms with Crippen LogP contribution in [0, 0.1) is 5.92 Å². The van der Waals surface area contributed by atoms with E-state index in [1.165, 1.54) is 0 Å². The number of carbonyl (C=O) groups is 2. The molecule has 0 bridgehead atoms. The number of hydrogen-bond acceptors (Lipinski definition) is 6. The summed E-state index contributed by atoms with van der Waals surface area (Å²) in [6, 6.07) is 27.5. The molecule has 0 aliphatic rings. The van der Waals surface area contributed by atoms with Gasteiger partial charge >= 0.3 is 11.9 Å². The number of esters is 1. The third-order valence-electron chi connectivity index (χ3n) is 5.61. The van der Waals surface area contributed by atoms with Crippen LogP contribution in [0.15, 0.2) is 91.0 Å². The lowest BCUT2D eigenvalue weighted by Gasteiger charge is -2.31. The van der Waals surface area contributed by atoms with Gasteiger partial charge in [0.15, 0.2) is 0 Å². The lowest BCUT2D eigenvalue weighted by molar-refractivity contribution is -0.201. The van der Waals surface area contributed by atoms with Gasteiger partial charge in [-0.3, -0.25) is 9.59 Å². The van der Waals surface area contributed by atoms with E-state index in [4.69, 9.17) is 9.47 Å². The van der Waals surface area contributed by atoms with Crippen molar-refractivity contribution < 1.29 is 33.8 Å². The van der Waals surface area contributed by atoms with Crippen molar-refractivity contribution >= 4 is 20.4 Å². The van der Waals surface area contributed by atoms with Gasteiger partial charge in [0.05, 0.1) is 6.61 Å². The molecule has 4 unspecified atom stereocenters. The highest BCUT2D eigenvalue weighted by Crippen LogP contribution is 2.37. The molecule has 0 heterocycles. The molecular weight excluding hydrogens is 467 g/mol. The molecular formula is C27H29O7P. The molecule has 0 amide bonds. The van der Waals surface area contributed by atoms with Gasteiger partial charge in [0, 0.05) is 12.8 Å². The zero-order valence-electron chi connectivity index (χ0n) is 19.2. The van der Waals surface area contributed by atoms with Crippen LogP contribution in [0.2, 0.25) is 0 Å². The van der Waals surface area contributed by atoms with E-state index in [9.17, 15) is 24.4 Å². The molecule has 0 saturated heterocycles. The summed E-state index contributed by atoms with van der Waals surface area (Å²) in [4.78, 5) is 24.6.